The number of hydrogen-bond acceptors (Lipinski definition) is 5. The van der Waals surface area contributed by atoms with Crippen molar-refractivity contribution in [3.63, 3.8) is 0 Å². The van der Waals surface area contributed by atoms with Crippen molar-refractivity contribution in [2.75, 3.05) is 7.11 Å². The smallest absolute Gasteiger partial charge is 0.354 e. The number of carboxylic acids is 1. The lowest BCUT2D eigenvalue weighted by Gasteiger charge is -2.21. The molecular formula is C13H16N2O6S. The van der Waals surface area contributed by atoms with Gasteiger partial charge in [0.05, 0.1) is 13.0 Å². The average molecular weight is 328 g/mol. The van der Waals surface area contributed by atoms with Crippen LogP contribution in [0.4, 0.5) is 0 Å². The van der Waals surface area contributed by atoms with E-state index in [0.29, 0.717) is 19.3 Å². The first-order chi connectivity index (χ1) is 10.4. The number of rotatable bonds is 4. The number of nitrogens with zero attached hydrogens (tertiary/aromatic N) is 1. The zero-order valence-electron chi connectivity index (χ0n) is 11.9. The first-order valence-corrected chi connectivity index (χ1v) is 8.33. The van der Waals surface area contributed by atoms with Crippen molar-refractivity contribution in [2.24, 2.45) is 5.92 Å². The summed E-state index contributed by atoms with van der Waals surface area (Å²) in [6.07, 6.45) is 2.79. The van der Waals surface area contributed by atoms with Crippen molar-refractivity contribution in [3.05, 3.63) is 18.0 Å². The number of ether oxygens (including phenoxy) is 1. The Balaban J connectivity index is 1.92. The van der Waals surface area contributed by atoms with E-state index in [1.807, 2.05) is 0 Å². The van der Waals surface area contributed by atoms with Crippen LogP contribution in [0.2, 0.25) is 0 Å². The molecule has 22 heavy (non-hydrogen) atoms. The zero-order valence-corrected chi connectivity index (χ0v) is 12.7. The highest BCUT2D eigenvalue weighted by Gasteiger charge is 2.54. The number of carbonyl (C=O) groups excluding carboxylic acids is 1. The predicted octanol–water partition coefficient (Wildman–Crippen LogP) is 0.427. The Bertz CT molecular complexity index is 725. The van der Waals surface area contributed by atoms with E-state index in [1.165, 1.54) is 23.7 Å². The molecule has 120 valence electrons. The number of aromatic nitrogens is 1. The Labute approximate surface area is 127 Å². The van der Waals surface area contributed by atoms with E-state index in [1.54, 1.807) is 0 Å². The highest BCUT2D eigenvalue weighted by Crippen LogP contribution is 2.45. The van der Waals surface area contributed by atoms with E-state index in [-0.39, 0.29) is 16.6 Å². The van der Waals surface area contributed by atoms with Gasteiger partial charge in [-0.05, 0) is 25.3 Å². The average Bonchev–Trinajstić information content (AvgIpc) is 3.19. The van der Waals surface area contributed by atoms with Gasteiger partial charge in [-0.25, -0.2) is 13.2 Å². The Kier molecular flexibility index (Phi) is 3.48. The van der Waals surface area contributed by atoms with E-state index < -0.39 is 33.9 Å². The molecule has 2 fully saturated rings. The third kappa shape index (κ3) is 2.12. The molecule has 0 spiro atoms. The topological polar surface area (TPSA) is 117 Å². The lowest BCUT2D eigenvalue weighted by atomic mass is 9.89. The van der Waals surface area contributed by atoms with Gasteiger partial charge in [0.15, 0.2) is 0 Å². The van der Waals surface area contributed by atoms with Gasteiger partial charge in [0.1, 0.15) is 10.6 Å². The number of carbonyl (C=O) groups is 2. The van der Waals surface area contributed by atoms with Gasteiger partial charge in [0.25, 0.3) is 0 Å². The van der Waals surface area contributed by atoms with Crippen molar-refractivity contribution in [1.82, 2.24) is 9.29 Å². The van der Waals surface area contributed by atoms with Crippen molar-refractivity contribution >= 4 is 22.0 Å². The largest absolute Gasteiger partial charge is 0.481 e. The number of sulfonamides is 1. The maximum atomic E-state index is 12.7. The molecule has 1 aromatic heterocycles. The van der Waals surface area contributed by atoms with Gasteiger partial charge >= 0.3 is 11.9 Å². The summed E-state index contributed by atoms with van der Waals surface area (Å²) < 4.78 is 31.3. The van der Waals surface area contributed by atoms with Gasteiger partial charge in [-0.1, -0.05) is 0 Å². The molecule has 2 bridgehead atoms. The van der Waals surface area contributed by atoms with Crippen LogP contribution in [0.25, 0.3) is 0 Å². The van der Waals surface area contributed by atoms with E-state index >= 15 is 0 Å². The summed E-state index contributed by atoms with van der Waals surface area (Å²) in [6, 6.07) is 0.422. The van der Waals surface area contributed by atoms with Crippen molar-refractivity contribution in [2.45, 2.75) is 36.2 Å². The van der Waals surface area contributed by atoms with Gasteiger partial charge in [0.2, 0.25) is 10.0 Å². The first-order valence-electron chi connectivity index (χ1n) is 6.89. The van der Waals surface area contributed by atoms with Crippen LogP contribution < -0.4 is 0 Å². The van der Waals surface area contributed by atoms with E-state index in [9.17, 15) is 23.1 Å². The van der Waals surface area contributed by atoms with Crippen LogP contribution in [0.3, 0.4) is 0 Å². The van der Waals surface area contributed by atoms with Gasteiger partial charge < -0.3 is 14.8 Å². The number of hydrogen-bond donors (Lipinski definition) is 2. The molecule has 3 rings (SSSR count). The van der Waals surface area contributed by atoms with Crippen molar-refractivity contribution < 1.29 is 27.9 Å². The van der Waals surface area contributed by atoms with Crippen LogP contribution in [0.15, 0.2) is 17.2 Å². The van der Waals surface area contributed by atoms with Gasteiger partial charge in [-0.15, -0.1) is 0 Å². The lowest BCUT2D eigenvalue weighted by Crippen LogP contribution is -2.37. The number of aliphatic carboxylic acids is 1. The maximum absolute atomic E-state index is 12.7. The molecule has 2 N–H and O–H groups in total. The number of esters is 1. The molecule has 2 saturated heterocycles. The molecule has 0 aromatic carbocycles. The molecule has 3 atom stereocenters. The number of carboxylic acid groups (broad SMARTS) is 1. The molecule has 9 heteroatoms. The summed E-state index contributed by atoms with van der Waals surface area (Å²) in [5, 5.41) is 9.21. The van der Waals surface area contributed by atoms with E-state index in [2.05, 4.69) is 9.72 Å². The zero-order chi connectivity index (χ0) is 16.1. The van der Waals surface area contributed by atoms with Gasteiger partial charge in [-0.3, -0.25) is 4.79 Å². The summed E-state index contributed by atoms with van der Waals surface area (Å²) in [5.74, 6) is -2.28. The SMILES string of the molecule is COC(=O)c1cc(S(=O)(=O)N2C3CCC2C(C(=O)O)C3)c[nH]1. The van der Waals surface area contributed by atoms with Crippen molar-refractivity contribution in [1.29, 1.82) is 0 Å². The summed E-state index contributed by atoms with van der Waals surface area (Å²) in [7, 11) is -2.63. The van der Waals surface area contributed by atoms with Gasteiger partial charge in [0, 0.05) is 18.3 Å². The minimum absolute atomic E-state index is 0.0439. The maximum Gasteiger partial charge on any atom is 0.354 e. The third-order valence-corrected chi connectivity index (χ3v) is 6.38. The highest BCUT2D eigenvalue weighted by molar-refractivity contribution is 7.89. The fourth-order valence-corrected chi connectivity index (χ4v) is 5.36. The number of aromatic amines is 1. The monoisotopic (exact) mass is 328 g/mol. The minimum Gasteiger partial charge on any atom is -0.481 e. The molecular weight excluding hydrogens is 312 g/mol. The number of H-pyrrole nitrogens is 1. The Morgan fingerprint density at radius 1 is 1.41 bits per heavy atom. The summed E-state index contributed by atoms with van der Waals surface area (Å²) in [4.78, 5) is 25.2. The number of fused-ring (bicyclic) bond motifs is 2. The van der Waals surface area contributed by atoms with E-state index in [4.69, 9.17) is 0 Å². The summed E-state index contributed by atoms with van der Waals surface area (Å²) in [5.41, 5.74) is 0.0439. The predicted molar refractivity (Wildman–Crippen MR) is 73.7 cm³/mol. The molecule has 2 aliphatic heterocycles. The first kappa shape index (κ1) is 15.0. The second-order valence-electron chi connectivity index (χ2n) is 5.55. The second kappa shape index (κ2) is 5.10. The molecule has 2 aliphatic rings. The Hall–Kier alpha value is -1.87. The minimum atomic E-state index is -3.83. The fraction of sp³-hybridized carbons (Fsp3) is 0.538. The molecule has 0 radical (unpaired) electrons. The number of methoxy groups -OCH3 is 1. The van der Waals surface area contributed by atoms with Crippen molar-refractivity contribution in [3.8, 4) is 0 Å². The Morgan fingerprint density at radius 3 is 2.73 bits per heavy atom. The van der Waals surface area contributed by atoms with Crippen LogP contribution in [0.1, 0.15) is 29.8 Å². The standard InChI is InChI=1S/C13H16N2O6S/c1-21-13(18)10-5-8(6-14-10)22(19,20)15-7-2-3-11(15)9(4-7)12(16)17/h5-7,9,11,14H,2-4H2,1H3,(H,16,17). The lowest BCUT2D eigenvalue weighted by molar-refractivity contribution is -0.142. The molecule has 0 saturated carbocycles. The van der Waals surface area contributed by atoms with E-state index in [0.717, 1.165) is 0 Å². The molecule has 1 aromatic rings. The van der Waals surface area contributed by atoms with Crippen LogP contribution in [-0.4, -0.2) is 53.9 Å². The number of nitrogens with one attached hydrogen (secondary N) is 1. The van der Waals surface area contributed by atoms with Crippen LogP contribution in [0, 0.1) is 5.92 Å². The molecule has 3 unspecified atom stereocenters. The summed E-state index contributed by atoms with van der Waals surface area (Å²) in [6.45, 7) is 0. The normalized spacial score (nSPS) is 28.0. The molecule has 0 aliphatic carbocycles. The van der Waals surface area contributed by atoms with Gasteiger partial charge in [-0.2, -0.15) is 4.31 Å². The van der Waals surface area contributed by atoms with Crippen LogP contribution in [-0.2, 0) is 19.6 Å². The highest BCUT2D eigenvalue weighted by atomic mass is 32.2. The summed E-state index contributed by atoms with van der Waals surface area (Å²) >= 11 is 0. The van der Waals surface area contributed by atoms with Crippen LogP contribution in [0.5, 0.6) is 0 Å². The second-order valence-corrected chi connectivity index (χ2v) is 7.40. The third-order valence-electron chi connectivity index (χ3n) is 4.43. The molecule has 3 heterocycles. The molecule has 8 nitrogen and oxygen atoms in total. The quantitative estimate of drug-likeness (QED) is 0.774. The molecule has 0 amide bonds. The fourth-order valence-electron chi connectivity index (χ4n) is 3.45. The van der Waals surface area contributed by atoms with Crippen LogP contribution >= 0.6 is 0 Å². The Morgan fingerprint density at radius 2 is 2.14 bits per heavy atom.